The maximum atomic E-state index is 12.4. The van der Waals surface area contributed by atoms with Gasteiger partial charge >= 0.3 is 0 Å². The number of methoxy groups -OCH3 is 3. The van der Waals surface area contributed by atoms with Gasteiger partial charge in [0.15, 0.2) is 34.0 Å². The number of benzene rings is 3. The molecule has 37 heavy (non-hydrogen) atoms. The summed E-state index contributed by atoms with van der Waals surface area (Å²) in [5.41, 5.74) is 4.71. The normalized spacial score (nSPS) is 10.9. The van der Waals surface area contributed by atoms with Crippen molar-refractivity contribution < 1.29 is 24.1 Å². The Morgan fingerprint density at radius 3 is 2.41 bits per heavy atom. The summed E-state index contributed by atoms with van der Waals surface area (Å²) >= 11 is 1.23. The molecule has 0 saturated carbocycles. The van der Waals surface area contributed by atoms with Gasteiger partial charge in [-0.2, -0.15) is 5.10 Å². The van der Waals surface area contributed by atoms with E-state index in [9.17, 15) is 9.90 Å². The van der Waals surface area contributed by atoms with E-state index in [1.807, 2.05) is 47.0 Å². The van der Waals surface area contributed by atoms with E-state index in [-0.39, 0.29) is 17.4 Å². The Morgan fingerprint density at radius 1 is 0.973 bits per heavy atom. The number of aromatic hydroxyl groups is 1. The molecule has 0 unspecified atom stereocenters. The molecular weight excluding hydrogens is 494 g/mol. The highest BCUT2D eigenvalue weighted by atomic mass is 32.2. The molecule has 0 bridgehead atoms. The monoisotopic (exact) mass is 519 g/mol. The smallest absolute Gasteiger partial charge is 0.250 e. The topological polar surface area (TPSA) is 120 Å². The summed E-state index contributed by atoms with van der Waals surface area (Å²) in [6.45, 7) is 0. The molecule has 0 spiro atoms. The molecule has 0 aliphatic heterocycles. The number of carbonyl (C=O) groups is 1. The zero-order chi connectivity index (χ0) is 26.2. The van der Waals surface area contributed by atoms with Crippen LogP contribution in [-0.4, -0.2) is 59.1 Å². The molecule has 1 amide bonds. The van der Waals surface area contributed by atoms with Crippen LogP contribution in [0.25, 0.3) is 17.1 Å². The van der Waals surface area contributed by atoms with E-state index in [0.717, 1.165) is 11.3 Å². The van der Waals surface area contributed by atoms with Crippen LogP contribution in [0.5, 0.6) is 23.0 Å². The van der Waals surface area contributed by atoms with Crippen LogP contribution in [0.15, 0.2) is 77.0 Å². The average molecular weight is 520 g/mol. The van der Waals surface area contributed by atoms with Crippen LogP contribution in [0, 0.1) is 0 Å². The Bertz CT molecular complexity index is 1410. The van der Waals surface area contributed by atoms with Crippen molar-refractivity contribution in [2.75, 3.05) is 27.1 Å². The third kappa shape index (κ3) is 6.01. The molecule has 0 atom stereocenters. The third-order valence-corrected chi connectivity index (χ3v) is 6.16. The molecule has 0 saturated heterocycles. The standard InChI is InChI=1S/C26H25N5O5S/c1-34-21-11-9-17(13-20(21)32)15-27-28-24(33)16-37-26-30-29-25(31(26)19-7-5-4-6-8-19)18-10-12-22(35-2)23(14-18)36-3/h4-15,32H,16H2,1-3H3,(H,28,33). The lowest BCUT2D eigenvalue weighted by Crippen LogP contribution is -2.20. The molecule has 0 aliphatic rings. The number of para-hydroxylation sites is 1. The van der Waals surface area contributed by atoms with Crippen LogP contribution in [0.1, 0.15) is 5.56 Å². The lowest BCUT2D eigenvalue weighted by atomic mass is 10.2. The molecule has 190 valence electrons. The van der Waals surface area contributed by atoms with Crippen molar-refractivity contribution in [3.63, 3.8) is 0 Å². The van der Waals surface area contributed by atoms with Gasteiger partial charge in [0.05, 0.1) is 33.3 Å². The van der Waals surface area contributed by atoms with Gasteiger partial charge < -0.3 is 19.3 Å². The molecule has 11 heteroatoms. The average Bonchev–Trinajstić information content (AvgIpc) is 3.36. The molecule has 2 N–H and O–H groups in total. The number of nitrogens with zero attached hydrogens (tertiary/aromatic N) is 4. The number of nitrogens with one attached hydrogen (secondary N) is 1. The summed E-state index contributed by atoms with van der Waals surface area (Å²) in [7, 11) is 4.62. The highest BCUT2D eigenvalue weighted by Crippen LogP contribution is 2.34. The van der Waals surface area contributed by atoms with E-state index in [1.54, 1.807) is 32.4 Å². The lowest BCUT2D eigenvalue weighted by molar-refractivity contribution is -0.118. The van der Waals surface area contributed by atoms with E-state index in [1.165, 1.54) is 31.2 Å². The van der Waals surface area contributed by atoms with Crippen LogP contribution < -0.4 is 19.6 Å². The first-order chi connectivity index (χ1) is 18.0. The van der Waals surface area contributed by atoms with E-state index in [2.05, 4.69) is 20.7 Å². The number of phenols is 1. The zero-order valence-electron chi connectivity index (χ0n) is 20.4. The number of hydrazone groups is 1. The quantitative estimate of drug-likeness (QED) is 0.184. The van der Waals surface area contributed by atoms with Crippen molar-refractivity contribution in [1.82, 2.24) is 20.2 Å². The van der Waals surface area contributed by atoms with Crippen LogP contribution in [0.2, 0.25) is 0 Å². The van der Waals surface area contributed by atoms with E-state index >= 15 is 0 Å². The van der Waals surface area contributed by atoms with Crippen molar-refractivity contribution in [2.45, 2.75) is 5.16 Å². The van der Waals surface area contributed by atoms with Gasteiger partial charge in [-0.25, -0.2) is 5.43 Å². The fraction of sp³-hybridized carbons (Fsp3) is 0.154. The van der Waals surface area contributed by atoms with E-state index in [4.69, 9.17) is 14.2 Å². The highest BCUT2D eigenvalue weighted by molar-refractivity contribution is 7.99. The van der Waals surface area contributed by atoms with E-state index in [0.29, 0.717) is 33.8 Å². The Kier molecular flexibility index (Phi) is 8.26. The summed E-state index contributed by atoms with van der Waals surface area (Å²) in [6, 6.07) is 19.9. The molecule has 1 aromatic heterocycles. The van der Waals surface area contributed by atoms with Gasteiger partial charge in [-0.15, -0.1) is 10.2 Å². The van der Waals surface area contributed by atoms with Crippen molar-refractivity contribution in [1.29, 1.82) is 0 Å². The fourth-order valence-corrected chi connectivity index (χ4v) is 4.21. The molecule has 1 heterocycles. The van der Waals surface area contributed by atoms with Gasteiger partial charge in [0, 0.05) is 11.3 Å². The first-order valence-electron chi connectivity index (χ1n) is 11.1. The van der Waals surface area contributed by atoms with Crippen molar-refractivity contribution in [2.24, 2.45) is 5.10 Å². The Morgan fingerprint density at radius 2 is 1.70 bits per heavy atom. The van der Waals surface area contributed by atoms with Crippen LogP contribution >= 0.6 is 11.8 Å². The van der Waals surface area contributed by atoms with Gasteiger partial charge in [0.25, 0.3) is 5.91 Å². The minimum Gasteiger partial charge on any atom is -0.504 e. The van der Waals surface area contributed by atoms with E-state index < -0.39 is 0 Å². The number of phenolic OH excluding ortho intramolecular Hbond substituents is 1. The molecule has 10 nitrogen and oxygen atoms in total. The Balaban J connectivity index is 1.51. The number of hydrogen-bond acceptors (Lipinski definition) is 9. The number of ether oxygens (including phenoxy) is 3. The second-order valence-electron chi connectivity index (χ2n) is 7.56. The lowest BCUT2D eigenvalue weighted by Gasteiger charge is -2.12. The number of hydrogen-bond donors (Lipinski definition) is 2. The van der Waals surface area contributed by atoms with Gasteiger partial charge in [-0.3, -0.25) is 9.36 Å². The summed E-state index contributed by atoms with van der Waals surface area (Å²) in [5.74, 6) is 1.84. The minimum atomic E-state index is -0.325. The second-order valence-corrected chi connectivity index (χ2v) is 8.50. The molecular formula is C26H25N5O5S. The summed E-state index contributed by atoms with van der Waals surface area (Å²) < 4.78 is 17.7. The third-order valence-electron chi connectivity index (χ3n) is 5.23. The fourth-order valence-electron chi connectivity index (χ4n) is 3.46. The van der Waals surface area contributed by atoms with Gasteiger partial charge in [-0.1, -0.05) is 30.0 Å². The van der Waals surface area contributed by atoms with Gasteiger partial charge in [0.1, 0.15) is 0 Å². The molecule has 4 rings (SSSR count). The number of rotatable bonds is 10. The number of aromatic nitrogens is 3. The maximum absolute atomic E-state index is 12.4. The van der Waals surface area contributed by atoms with Crippen LogP contribution in [0.3, 0.4) is 0 Å². The minimum absolute atomic E-state index is 0.0149. The Hall–Kier alpha value is -4.51. The molecule has 0 aliphatic carbocycles. The summed E-state index contributed by atoms with van der Waals surface area (Å²) in [6.07, 6.45) is 1.43. The summed E-state index contributed by atoms with van der Waals surface area (Å²) in [4.78, 5) is 12.4. The maximum Gasteiger partial charge on any atom is 0.250 e. The predicted octanol–water partition coefficient (Wildman–Crippen LogP) is 3.91. The number of thioether (sulfide) groups is 1. The number of amides is 1. The SMILES string of the molecule is COc1ccc(C=NNC(=O)CSc2nnc(-c3ccc(OC)c(OC)c3)n2-c2ccccc2)cc1O. The van der Waals surface area contributed by atoms with Crippen molar-refractivity contribution in [3.05, 3.63) is 72.3 Å². The van der Waals surface area contributed by atoms with Crippen molar-refractivity contribution >= 4 is 23.9 Å². The first kappa shape index (κ1) is 25.6. The molecule has 3 aromatic carbocycles. The molecule has 4 aromatic rings. The molecule has 0 fully saturated rings. The first-order valence-corrected chi connectivity index (χ1v) is 12.1. The highest BCUT2D eigenvalue weighted by Gasteiger charge is 2.18. The largest absolute Gasteiger partial charge is 0.504 e. The van der Waals surface area contributed by atoms with Crippen LogP contribution in [-0.2, 0) is 4.79 Å². The Labute approximate surface area is 217 Å². The molecule has 0 radical (unpaired) electrons. The summed E-state index contributed by atoms with van der Waals surface area (Å²) in [5, 5.41) is 23.1. The van der Waals surface area contributed by atoms with Gasteiger partial charge in [-0.05, 0) is 54.1 Å². The van der Waals surface area contributed by atoms with Gasteiger partial charge in [0.2, 0.25) is 0 Å². The second kappa shape index (κ2) is 12.0. The number of carbonyl (C=O) groups excluding carboxylic acids is 1. The predicted molar refractivity (Wildman–Crippen MR) is 141 cm³/mol. The van der Waals surface area contributed by atoms with Crippen molar-refractivity contribution in [3.8, 4) is 40.1 Å². The zero-order valence-corrected chi connectivity index (χ0v) is 21.2. The van der Waals surface area contributed by atoms with Crippen LogP contribution in [0.4, 0.5) is 0 Å².